The van der Waals surface area contributed by atoms with E-state index in [9.17, 15) is 9.90 Å². The Morgan fingerprint density at radius 3 is 2.75 bits per heavy atom. The van der Waals surface area contributed by atoms with Gasteiger partial charge < -0.3 is 21.3 Å². The van der Waals surface area contributed by atoms with Gasteiger partial charge >= 0.3 is 6.03 Å². The average molecular weight is 221 g/mol. The van der Waals surface area contributed by atoms with Crippen LogP contribution in [0, 0.1) is 11.3 Å². The summed E-state index contributed by atoms with van der Waals surface area (Å²) < 4.78 is 0. The summed E-state index contributed by atoms with van der Waals surface area (Å²) in [5.41, 5.74) is 5.63. The summed E-state index contributed by atoms with van der Waals surface area (Å²) in [5, 5.41) is 29.4. The molecule has 6 nitrogen and oxygen atoms in total. The minimum atomic E-state index is -1.51. The molecule has 0 heterocycles. The Hall–Kier alpha value is -2.10. The van der Waals surface area contributed by atoms with Crippen molar-refractivity contribution in [3.05, 3.63) is 29.8 Å². The van der Waals surface area contributed by atoms with Crippen LogP contribution < -0.4 is 11.1 Å². The molecular formula is C10H11N3O3. The van der Waals surface area contributed by atoms with Gasteiger partial charge in [-0.1, -0.05) is 12.1 Å². The van der Waals surface area contributed by atoms with Gasteiger partial charge in [0.1, 0.15) is 6.10 Å². The fraction of sp³-hybridized carbons (Fsp3) is 0.200. The van der Waals surface area contributed by atoms with E-state index in [-0.39, 0.29) is 0 Å². The van der Waals surface area contributed by atoms with Gasteiger partial charge in [-0.3, -0.25) is 0 Å². The van der Waals surface area contributed by atoms with Crippen molar-refractivity contribution in [2.45, 2.75) is 12.2 Å². The molecule has 0 bridgehead atoms. The summed E-state index contributed by atoms with van der Waals surface area (Å²) in [7, 11) is 0. The molecule has 0 saturated carbocycles. The number of aliphatic hydroxyl groups excluding tert-OH is 2. The van der Waals surface area contributed by atoms with Crippen molar-refractivity contribution in [3.8, 4) is 6.07 Å². The van der Waals surface area contributed by atoms with Crippen LogP contribution in [0.1, 0.15) is 11.7 Å². The van der Waals surface area contributed by atoms with E-state index in [1.807, 2.05) is 0 Å². The van der Waals surface area contributed by atoms with Crippen molar-refractivity contribution >= 4 is 11.7 Å². The molecule has 0 fully saturated rings. The summed E-state index contributed by atoms with van der Waals surface area (Å²) in [4.78, 5) is 10.6. The zero-order valence-electron chi connectivity index (χ0n) is 8.29. The van der Waals surface area contributed by atoms with E-state index in [1.54, 1.807) is 12.1 Å². The van der Waals surface area contributed by atoms with Gasteiger partial charge in [-0.05, 0) is 17.7 Å². The lowest BCUT2D eigenvalue weighted by Crippen LogP contribution is -2.20. The Bertz CT molecular complexity index is 428. The van der Waals surface area contributed by atoms with E-state index in [1.165, 1.54) is 18.2 Å². The lowest BCUT2D eigenvalue weighted by Gasteiger charge is -2.13. The van der Waals surface area contributed by atoms with E-state index in [0.717, 1.165) is 0 Å². The number of benzene rings is 1. The van der Waals surface area contributed by atoms with Gasteiger partial charge in [0.2, 0.25) is 0 Å². The van der Waals surface area contributed by atoms with Gasteiger partial charge in [0.15, 0.2) is 6.10 Å². The molecule has 2 amide bonds. The van der Waals surface area contributed by atoms with Crippen molar-refractivity contribution in [1.29, 1.82) is 5.26 Å². The van der Waals surface area contributed by atoms with Crippen LogP contribution in [-0.2, 0) is 0 Å². The molecule has 0 aliphatic carbocycles. The van der Waals surface area contributed by atoms with Crippen LogP contribution in [0.2, 0.25) is 0 Å². The molecule has 1 aromatic carbocycles. The van der Waals surface area contributed by atoms with E-state index < -0.39 is 18.2 Å². The second kappa shape index (κ2) is 5.11. The zero-order chi connectivity index (χ0) is 12.1. The molecule has 2 unspecified atom stereocenters. The first kappa shape index (κ1) is 12.0. The highest BCUT2D eigenvalue weighted by Gasteiger charge is 2.17. The standard InChI is InChI=1S/C10H11N3O3/c11-5-8(14)9(15)6-2-1-3-7(4-6)13-10(12)16/h1-4,8-9,14-15H,(H3,12,13,16). The van der Waals surface area contributed by atoms with E-state index in [4.69, 9.17) is 16.1 Å². The number of aliphatic hydroxyl groups is 2. The third kappa shape index (κ3) is 2.95. The fourth-order valence-electron chi connectivity index (χ4n) is 1.20. The second-order valence-electron chi connectivity index (χ2n) is 3.13. The van der Waals surface area contributed by atoms with E-state index >= 15 is 0 Å². The average Bonchev–Trinajstić information content (AvgIpc) is 2.26. The van der Waals surface area contributed by atoms with Crippen molar-refractivity contribution in [3.63, 3.8) is 0 Å². The number of nitrogens with zero attached hydrogens (tertiary/aromatic N) is 1. The van der Waals surface area contributed by atoms with Crippen LogP contribution in [0.15, 0.2) is 24.3 Å². The molecular weight excluding hydrogens is 210 g/mol. The number of nitrogens with two attached hydrogens (primary N) is 1. The van der Waals surface area contributed by atoms with Gasteiger partial charge in [0.25, 0.3) is 0 Å². The Morgan fingerprint density at radius 1 is 1.50 bits per heavy atom. The highest BCUT2D eigenvalue weighted by molar-refractivity contribution is 5.87. The van der Waals surface area contributed by atoms with Crippen LogP contribution in [0.3, 0.4) is 0 Å². The second-order valence-corrected chi connectivity index (χ2v) is 3.13. The van der Waals surface area contributed by atoms with Crippen LogP contribution in [0.25, 0.3) is 0 Å². The van der Waals surface area contributed by atoms with Crippen molar-refractivity contribution < 1.29 is 15.0 Å². The maximum atomic E-state index is 10.6. The molecule has 0 aromatic heterocycles. The van der Waals surface area contributed by atoms with Crippen LogP contribution >= 0.6 is 0 Å². The highest BCUT2D eigenvalue weighted by Crippen LogP contribution is 2.20. The molecule has 5 N–H and O–H groups in total. The first-order valence-electron chi connectivity index (χ1n) is 4.46. The first-order valence-corrected chi connectivity index (χ1v) is 4.46. The summed E-state index contributed by atoms with van der Waals surface area (Å²) in [5.74, 6) is 0. The molecule has 0 saturated heterocycles. The smallest absolute Gasteiger partial charge is 0.316 e. The lowest BCUT2D eigenvalue weighted by atomic mass is 10.0. The Kier molecular flexibility index (Phi) is 3.83. The number of nitrogens with one attached hydrogen (secondary N) is 1. The number of hydrogen-bond acceptors (Lipinski definition) is 4. The number of hydrogen-bond donors (Lipinski definition) is 4. The number of anilines is 1. The summed E-state index contributed by atoms with van der Waals surface area (Å²) >= 11 is 0. The van der Waals surface area contributed by atoms with Crippen LogP contribution in [-0.4, -0.2) is 22.3 Å². The van der Waals surface area contributed by atoms with Gasteiger partial charge in [-0.2, -0.15) is 5.26 Å². The van der Waals surface area contributed by atoms with Crippen molar-refractivity contribution in [2.24, 2.45) is 5.73 Å². The highest BCUT2D eigenvalue weighted by atomic mass is 16.3. The minimum Gasteiger partial charge on any atom is -0.385 e. The predicted octanol–water partition coefficient (Wildman–Crippen LogP) is 0.0951. The van der Waals surface area contributed by atoms with Crippen LogP contribution in [0.4, 0.5) is 10.5 Å². The van der Waals surface area contributed by atoms with Crippen molar-refractivity contribution in [2.75, 3.05) is 5.32 Å². The van der Waals surface area contributed by atoms with Gasteiger partial charge in [-0.25, -0.2) is 4.79 Å². The number of urea groups is 1. The van der Waals surface area contributed by atoms with Crippen LogP contribution in [0.5, 0.6) is 0 Å². The number of primary amides is 1. The molecule has 0 radical (unpaired) electrons. The molecule has 0 spiro atoms. The molecule has 84 valence electrons. The molecule has 2 atom stereocenters. The zero-order valence-corrected chi connectivity index (χ0v) is 8.29. The SMILES string of the molecule is N#CC(O)C(O)c1cccc(NC(N)=O)c1. The van der Waals surface area contributed by atoms with E-state index in [2.05, 4.69) is 5.32 Å². The third-order valence-electron chi connectivity index (χ3n) is 1.93. The monoisotopic (exact) mass is 221 g/mol. The Morgan fingerprint density at radius 2 is 2.19 bits per heavy atom. The largest absolute Gasteiger partial charge is 0.385 e. The number of carbonyl (C=O) groups is 1. The lowest BCUT2D eigenvalue weighted by molar-refractivity contribution is 0.0528. The minimum absolute atomic E-state index is 0.320. The van der Waals surface area contributed by atoms with Gasteiger partial charge in [-0.15, -0.1) is 0 Å². The molecule has 0 aliphatic rings. The predicted molar refractivity (Wildman–Crippen MR) is 56.2 cm³/mol. The van der Waals surface area contributed by atoms with Gasteiger partial charge in [0, 0.05) is 5.69 Å². The van der Waals surface area contributed by atoms with Crippen molar-refractivity contribution in [1.82, 2.24) is 0 Å². The normalized spacial score (nSPS) is 13.6. The number of carbonyl (C=O) groups excluding carboxylic acids is 1. The first-order chi connectivity index (χ1) is 7.54. The number of rotatable bonds is 3. The number of amides is 2. The Labute approximate surface area is 91.9 Å². The molecule has 0 aliphatic heterocycles. The molecule has 16 heavy (non-hydrogen) atoms. The topological polar surface area (TPSA) is 119 Å². The summed E-state index contributed by atoms with van der Waals surface area (Å²) in [6.07, 6.45) is -2.83. The molecule has 6 heteroatoms. The quantitative estimate of drug-likeness (QED) is 0.541. The Balaban J connectivity index is 2.90. The van der Waals surface area contributed by atoms with E-state index in [0.29, 0.717) is 11.3 Å². The summed E-state index contributed by atoms with van der Waals surface area (Å²) in [6.45, 7) is 0. The van der Waals surface area contributed by atoms with Gasteiger partial charge in [0.05, 0.1) is 6.07 Å². The maximum Gasteiger partial charge on any atom is 0.316 e. The molecule has 1 aromatic rings. The third-order valence-corrected chi connectivity index (χ3v) is 1.93. The molecule has 1 rings (SSSR count). The number of nitriles is 1. The fourth-order valence-corrected chi connectivity index (χ4v) is 1.20. The summed E-state index contributed by atoms with van der Waals surface area (Å²) in [6, 6.07) is 6.87. The maximum absolute atomic E-state index is 10.6.